The van der Waals surface area contributed by atoms with E-state index in [0.29, 0.717) is 5.41 Å². The molecule has 2 heteroatoms. The summed E-state index contributed by atoms with van der Waals surface area (Å²) in [6.45, 7) is 5.29. The van der Waals surface area contributed by atoms with Gasteiger partial charge in [-0.1, -0.05) is 13.8 Å². The van der Waals surface area contributed by atoms with Crippen LogP contribution in [0.3, 0.4) is 0 Å². The first kappa shape index (κ1) is 9.33. The molecule has 2 nitrogen and oxygen atoms in total. The number of hydrogen-bond acceptors (Lipinski definition) is 1. The van der Waals surface area contributed by atoms with Gasteiger partial charge in [0.05, 0.1) is 0 Å². The lowest BCUT2D eigenvalue weighted by Gasteiger charge is -2.22. The molecule has 1 heterocycles. The number of rotatable bonds is 4. The second kappa shape index (κ2) is 3.76. The molecule has 1 rings (SSSR count). The second-order valence-corrected chi connectivity index (χ2v) is 4.10. The van der Waals surface area contributed by atoms with Gasteiger partial charge < -0.3 is 10.7 Å². The number of aromatic nitrogens is 1. The second-order valence-electron chi connectivity index (χ2n) is 4.10. The Morgan fingerprint density at radius 1 is 1.50 bits per heavy atom. The Morgan fingerprint density at radius 2 is 2.25 bits per heavy atom. The molecule has 0 unspecified atom stereocenters. The molecule has 0 radical (unpaired) electrons. The van der Waals surface area contributed by atoms with Crippen LogP contribution in [-0.2, 0) is 6.42 Å². The standard InChI is InChI=1S/C10H18N2/c1-10(2,4-5-11)7-9-3-6-12-8-9/h3,6,8,12H,4-5,7,11H2,1-2H3. The van der Waals surface area contributed by atoms with Crippen molar-refractivity contribution in [1.29, 1.82) is 0 Å². The normalized spacial score (nSPS) is 11.9. The Labute approximate surface area is 74.2 Å². The molecule has 0 bridgehead atoms. The lowest BCUT2D eigenvalue weighted by molar-refractivity contribution is 0.339. The van der Waals surface area contributed by atoms with Crippen molar-refractivity contribution in [2.45, 2.75) is 26.7 Å². The van der Waals surface area contributed by atoms with Crippen LogP contribution < -0.4 is 5.73 Å². The lowest BCUT2D eigenvalue weighted by atomic mass is 9.83. The van der Waals surface area contributed by atoms with Crippen molar-refractivity contribution >= 4 is 0 Å². The smallest absolute Gasteiger partial charge is 0.00375 e. The van der Waals surface area contributed by atoms with Gasteiger partial charge in [-0.25, -0.2) is 0 Å². The molecule has 0 aliphatic rings. The van der Waals surface area contributed by atoms with Crippen LogP contribution in [0.2, 0.25) is 0 Å². The van der Waals surface area contributed by atoms with Crippen molar-refractivity contribution in [3.05, 3.63) is 24.0 Å². The van der Waals surface area contributed by atoms with E-state index in [1.807, 2.05) is 6.20 Å². The van der Waals surface area contributed by atoms with E-state index < -0.39 is 0 Å². The Morgan fingerprint density at radius 3 is 2.75 bits per heavy atom. The third-order valence-corrected chi connectivity index (χ3v) is 2.17. The fourth-order valence-electron chi connectivity index (χ4n) is 1.50. The van der Waals surface area contributed by atoms with E-state index in [0.717, 1.165) is 19.4 Å². The molecule has 3 N–H and O–H groups in total. The summed E-state index contributed by atoms with van der Waals surface area (Å²) >= 11 is 0. The minimum Gasteiger partial charge on any atom is -0.367 e. The number of aromatic amines is 1. The first-order valence-electron chi connectivity index (χ1n) is 4.46. The van der Waals surface area contributed by atoms with E-state index in [9.17, 15) is 0 Å². The molecule has 0 saturated heterocycles. The summed E-state index contributed by atoms with van der Waals surface area (Å²) < 4.78 is 0. The molecular weight excluding hydrogens is 148 g/mol. The summed E-state index contributed by atoms with van der Waals surface area (Å²) in [6.07, 6.45) is 6.21. The van der Waals surface area contributed by atoms with Crippen molar-refractivity contribution in [2.24, 2.45) is 11.1 Å². The largest absolute Gasteiger partial charge is 0.367 e. The maximum Gasteiger partial charge on any atom is 0.00375 e. The van der Waals surface area contributed by atoms with Crippen molar-refractivity contribution in [3.63, 3.8) is 0 Å². The van der Waals surface area contributed by atoms with Crippen LogP contribution in [0.25, 0.3) is 0 Å². The summed E-state index contributed by atoms with van der Waals surface area (Å²) in [5.74, 6) is 0. The van der Waals surface area contributed by atoms with Gasteiger partial charge in [0.1, 0.15) is 0 Å². The molecule has 0 fully saturated rings. The van der Waals surface area contributed by atoms with E-state index in [1.165, 1.54) is 5.56 Å². The maximum atomic E-state index is 5.54. The van der Waals surface area contributed by atoms with Crippen LogP contribution in [-0.4, -0.2) is 11.5 Å². The zero-order valence-electron chi connectivity index (χ0n) is 7.93. The zero-order valence-corrected chi connectivity index (χ0v) is 7.93. The topological polar surface area (TPSA) is 41.8 Å². The highest BCUT2D eigenvalue weighted by molar-refractivity contribution is 5.10. The van der Waals surface area contributed by atoms with Crippen LogP contribution in [0.15, 0.2) is 18.5 Å². The van der Waals surface area contributed by atoms with Gasteiger partial charge in [-0.05, 0) is 36.4 Å². The molecule has 0 aromatic carbocycles. The average Bonchev–Trinajstić information content (AvgIpc) is 2.38. The van der Waals surface area contributed by atoms with Gasteiger partial charge in [0, 0.05) is 12.4 Å². The fourth-order valence-corrected chi connectivity index (χ4v) is 1.50. The lowest BCUT2D eigenvalue weighted by Crippen LogP contribution is -2.19. The monoisotopic (exact) mass is 166 g/mol. The van der Waals surface area contributed by atoms with Crippen molar-refractivity contribution < 1.29 is 0 Å². The Hall–Kier alpha value is -0.760. The quantitative estimate of drug-likeness (QED) is 0.705. The third kappa shape index (κ3) is 2.70. The van der Waals surface area contributed by atoms with E-state index in [4.69, 9.17) is 5.73 Å². The average molecular weight is 166 g/mol. The van der Waals surface area contributed by atoms with Gasteiger partial charge in [-0.15, -0.1) is 0 Å². The summed E-state index contributed by atoms with van der Waals surface area (Å²) in [5, 5.41) is 0. The van der Waals surface area contributed by atoms with Gasteiger partial charge in [0.25, 0.3) is 0 Å². The SMILES string of the molecule is CC(C)(CCN)Cc1cc[nH]c1. The molecular formula is C10H18N2. The van der Waals surface area contributed by atoms with Gasteiger partial charge in [0.15, 0.2) is 0 Å². The highest BCUT2D eigenvalue weighted by atomic mass is 14.6. The van der Waals surface area contributed by atoms with Gasteiger partial charge in [0.2, 0.25) is 0 Å². The van der Waals surface area contributed by atoms with Crippen LogP contribution in [0.5, 0.6) is 0 Å². The highest BCUT2D eigenvalue weighted by Gasteiger charge is 2.17. The van der Waals surface area contributed by atoms with Crippen molar-refractivity contribution in [1.82, 2.24) is 4.98 Å². The predicted octanol–water partition coefficient (Wildman–Crippen LogP) is 1.93. The predicted molar refractivity (Wildman–Crippen MR) is 51.9 cm³/mol. The number of H-pyrrole nitrogens is 1. The minimum atomic E-state index is 0.330. The zero-order chi connectivity index (χ0) is 9.03. The Balaban J connectivity index is 2.50. The van der Waals surface area contributed by atoms with Gasteiger partial charge in [-0.3, -0.25) is 0 Å². The molecule has 0 aliphatic carbocycles. The van der Waals surface area contributed by atoms with Crippen LogP contribution >= 0.6 is 0 Å². The van der Waals surface area contributed by atoms with Crippen molar-refractivity contribution in [3.8, 4) is 0 Å². The van der Waals surface area contributed by atoms with Crippen molar-refractivity contribution in [2.75, 3.05) is 6.54 Å². The molecule has 0 spiro atoms. The van der Waals surface area contributed by atoms with Crippen LogP contribution in [0.4, 0.5) is 0 Å². The van der Waals surface area contributed by atoms with Crippen LogP contribution in [0, 0.1) is 5.41 Å². The first-order chi connectivity index (χ1) is 5.64. The number of nitrogens with two attached hydrogens (primary N) is 1. The molecule has 1 aromatic rings. The van der Waals surface area contributed by atoms with Gasteiger partial charge in [-0.2, -0.15) is 0 Å². The molecule has 1 aromatic heterocycles. The summed E-state index contributed by atoms with van der Waals surface area (Å²) in [6, 6.07) is 2.12. The maximum absolute atomic E-state index is 5.54. The number of hydrogen-bond donors (Lipinski definition) is 2. The molecule has 12 heavy (non-hydrogen) atoms. The fraction of sp³-hybridized carbons (Fsp3) is 0.600. The van der Waals surface area contributed by atoms with E-state index in [2.05, 4.69) is 31.1 Å². The first-order valence-corrected chi connectivity index (χ1v) is 4.46. The van der Waals surface area contributed by atoms with Crippen LogP contribution in [0.1, 0.15) is 25.8 Å². The molecule has 68 valence electrons. The molecule has 0 amide bonds. The summed E-state index contributed by atoms with van der Waals surface area (Å²) in [4.78, 5) is 3.06. The Kier molecular flexibility index (Phi) is 2.93. The highest BCUT2D eigenvalue weighted by Crippen LogP contribution is 2.24. The summed E-state index contributed by atoms with van der Waals surface area (Å²) in [5.41, 5.74) is 7.24. The molecule has 0 saturated carbocycles. The van der Waals surface area contributed by atoms with Gasteiger partial charge >= 0.3 is 0 Å². The number of nitrogens with one attached hydrogen (secondary N) is 1. The van der Waals surface area contributed by atoms with E-state index >= 15 is 0 Å². The van der Waals surface area contributed by atoms with E-state index in [1.54, 1.807) is 0 Å². The molecule has 0 aliphatic heterocycles. The Bertz CT molecular complexity index is 212. The molecule has 0 atom stereocenters. The van der Waals surface area contributed by atoms with E-state index in [-0.39, 0.29) is 0 Å². The third-order valence-electron chi connectivity index (χ3n) is 2.17. The minimum absolute atomic E-state index is 0.330. The summed E-state index contributed by atoms with van der Waals surface area (Å²) in [7, 11) is 0.